The number of fused-ring (bicyclic) bond motifs is 1. The highest BCUT2D eigenvalue weighted by Gasteiger charge is 2.31. The minimum atomic E-state index is -0.663. The van der Waals surface area contributed by atoms with Crippen LogP contribution in [0.2, 0.25) is 0 Å². The summed E-state index contributed by atoms with van der Waals surface area (Å²) in [6.07, 6.45) is 4.76. The molecule has 8 nitrogen and oxygen atoms in total. The van der Waals surface area contributed by atoms with Crippen LogP contribution in [0.4, 0.5) is 20.5 Å². The second kappa shape index (κ2) is 11.0. The molecule has 1 aliphatic rings. The van der Waals surface area contributed by atoms with E-state index in [2.05, 4.69) is 41.9 Å². The van der Waals surface area contributed by atoms with E-state index in [0.717, 1.165) is 44.2 Å². The number of imidazole rings is 1. The summed E-state index contributed by atoms with van der Waals surface area (Å²) < 4.78 is 31.7. The van der Waals surface area contributed by atoms with Gasteiger partial charge in [-0.05, 0) is 77.5 Å². The number of pyridine rings is 1. The second-order valence-electron chi connectivity index (χ2n) is 10.3. The highest BCUT2D eigenvalue weighted by atomic mass is 19.1. The van der Waals surface area contributed by atoms with Crippen LogP contribution in [0.1, 0.15) is 57.1 Å². The predicted molar refractivity (Wildman–Crippen MR) is 147 cm³/mol. The number of halogens is 2. The summed E-state index contributed by atoms with van der Waals surface area (Å²) in [5.41, 5.74) is 1.98. The molecule has 1 unspecified atom stereocenters. The standard InChI is InChI=1S/C29H32F2N8/c1-6-38-11-9-19(10-12-38)26(32-5)20-7-8-25(33-15-20)36-29-34-16-23(31)27(37-29)21-13-22(30)28-24(14-21)39(17(2)3)18(4)35-28/h7-8,13-17,19,26H,6,9-12H2,1-4H3,(H,33,34,36,37). The summed E-state index contributed by atoms with van der Waals surface area (Å²) in [7, 11) is 0. The van der Waals surface area contributed by atoms with Gasteiger partial charge in [0.25, 0.3) is 6.04 Å². The highest BCUT2D eigenvalue weighted by molar-refractivity contribution is 5.83. The maximum atomic E-state index is 15.0. The maximum absolute atomic E-state index is 15.0. The van der Waals surface area contributed by atoms with Crippen LogP contribution >= 0.6 is 0 Å². The molecular weight excluding hydrogens is 498 g/mol. The summed E-state index contributed by atoms with van der Waals surface area (Å²) >= 11 is 0. The van der Waals surface area contributed by atoms with E-state index in [0.29, 0.717) is 28.6 Å². The molecule has 10 heteroatoms. The van der Waals surface area contributed by atoms with Crippen molar-refractivity contribution in [3.8, 4) is 11.3 Å². The van der Waals surface area contributed by atoms with Gasteiger partial charge in [-0.2, -0.15) is 0 Å². The van der Waals surface area contributed by atoms with Crippen molar-refractivity contribution in [2.75, 3.05) is 25.0 Å². The molecule has 0 amide bonds. The number of hydrogen-bond donors (Lipinski definition) is 1. The van der Waals surface area contributed by atoms with E-state index in [1.807, 2.05) is 31.4 Å². The number of benzene rings is 1. The van der Waals surface area contributed by atoms with E-state index in [-0.39, 0.29) is 29.2 Å². The lowest BCUT2D eigenvalue weighted by Crippen LogP contribution is -2.34. The van der Waals surface area contributed by atoms with Gasteiger partial charge in [-0.15, -0.1) is 0 Å². The molecule has 1 saturated heterocycles. The normalized spacial score (nSPS) is 15.5. The van der Waals surface area contributed by atoms with Crippen molar-refractivity contribution in [1.82, 2.24) is 29.4 Å². The molecule has 1 aromatic carbocycles. The number of aryl methyl sites for hydroxylation is 1. The van der Waals surface area contributed by atoms with Crippen molar-refractivity contribution in [2.24, 2.45) is 5.92 Å². The minimum Gasteiger partial charge on any atom is -0.326 e. The molecule has 5 rings (SSSR count). The fourth-order valence-corrected chi connectivity index (χ4v) is 5.49. The van der Waals surface area contributed by atoms with Gasteiger partial charge in [0.05, 0.1) is 17.3 Å². The van der Waals surface area contributed by atoms with Crippen LogP contribution in [-0.4, -0.2) is 49.0 Å². The minimum absolute atomic E-state index is 0.0226. The van der Waals surface area contributed by atoms with Crippen molar-refractivity contribution in [3.63, 3.8) is 0 Å². The number of likely N-dealkylation sites (tertiary alicyclic amines) is 1. The Morgan fingerprint density at radius 1 is 1.08 bits per heavy atom. The molecule has 1 fully saturated rings. The zero-order chi connectivity index (χ0) is 27.7. The Labute approximate surface area is 227 Å². The number of anilines is 2. The third-order valence-electron chi connectivity index (χ3n) is 7.49. The number of rotatable bonds is 7. The number of aromatic nitrogens is 5. The fourth-order valence-electron chi connectivity index (χ4n) is 5.49. The average molecular weight is 531 g/mol. The first kappa shape index (κ1) is 26.6. The molecule has 202 valence electrons. The van der Waals surface area contributed by atoms with Gasteiger partial charge in [-0.1, -0.05) is 6.92 Å². The SMILES string of the molecule is [C-]#[N+]C(c1ccc(Nc2ncc(F)c(-c3cc(F)c4nc(C)n(C(C)C)c4c3)n2)nc1)C1CCN(CC)CC1. The van der Waals surface area contributed by atoms with E-state index in [4.69, 9.17) is 6.57 Å². The van der Waals surface area contributed by atoms with Crippen LogP contribution in [0.5, 0.6) is 0 Å². The van der Waals surface area contributed by atoms with Gasteiger partial charge in [0.1, 0.15) is 22.9 Å². The van der Waals surface area contributed by atoms with Gasteiger partial charge in [0, 0.05) is 23.7 Å². The van der Waals surface area contributed by atoms with Crippen molar-refractivity contribution < 1.29 is 8.78 Å². The molecule has 4 heterocycles. The van der Waals surface area contributed by atoms with Crippen LogP contribution in [0, 0.1) is 31.0 Å². The summed E-state index contributed by atoms with van der Waals surface area (Å²) in [4.78, 5) is 23.5. The molecule has 39 heavy (non-hydrogen) atoms. The quantitative estimate of drug-likeness (QED) is 0.275. The van der Waals surface area contributed by atoms with Crippen LogP contribution < -0.4 is 5.32 Å². The van der Waals surface area contributed by atoms with Crippen molar-refractivity contribution in [1.29, 1.82) is 0 Å². The molecule has 0 spiro atoms. The van der Waals surface area contributed by atoms with E-state index in [9.17, 15) is 8.78 Å². The molecule has 0 bridgehead atoms. The van der Waals surface area contributed by atoms with Crippen molar-refractivity contribution in [2.45, 2.75) is 52.6 Å². The Balaban J connectivity index is 1.38. The number of piperidine rings is 1. The lowest BCUT2D eigenvalue weighted by atomic mass is 9.86. The molecule has 1 N–H and O–H groups in total. The van der Waals surface area contributed by atoms with E-state index in [1.165, 1.54) is 6.07 Å². The third kappa shape index (κ3) is 5.32. The number of hydrogen-bond acceptors (Lipinski definition) is 6. The van der Waals surface area contributed by atoms with E-state index < -0.39 is 11.6 Å². The van der Waals surface area contributed by atoms with Crippen LogP contribution in [0.15, 0.2) is 36.7 Å². The van der Waals surface area contributed by atoms with Crippen LogP contribution in [0.25, 0.3) is 27.1 Å². The van der Waals surface area contributed by atoms with Gasteiger partial charge < -0.3 is 19.6 Å². The maximum Gasteiger partial charge on any atom is 0.253 e. The predicted octanol–water partition coefficient (Wildman–Crippen LogP) is 6.49. The Hall–Kier alpha value is -3.97. The topological polar surface area (TPSA) is 76.1 Å². The molecular formula is C29H32F2N8. The first-order chi connectivity index (χ1) is 18.8. The van der Waals surface area contributed by atoms with Crippen LogP contribution in [-0.2, 0) is 0 Å². The summed E-state index contributed by atoms with van der Waals surface area (Å²) in [5, 5.41) is 3.01. The summed E-state index contributed by atoms with van der Waals surface area (Å²) in [5.74, 6) is 0.393. The van der Waals surface area contributed by atoms with E-state index in [1.54, 1.807) is 18.3 Å². The molecule has 0 aliphatic carbocycles. The average Bonchev–Trinajstić information content (AvgIpc) is 3.28. The van der Waals surface area contributed by atoms with Gasteiger partial charge in [0.2, 0.25) is 5.95 Å². The monoisotopic (exact) mass is 530 g/mol. The number of nitrogens with zero attached hydrogens (tertiary/aromatic N) is 7. The molecule has 1 aliphatic heterocycles. The molecule has 4 aromatic rings. The molecule has 0 saturated carbocycles. The summed E-state index contributed by atoms with van der Waals surface area (Å²) in [6.45, 7) is 18.8. The lowest BCUT2D eigenvalue weighted by Gasteiger charge is -2.31. The molecule has 3 aromatic heterocycles. The van der Waals surface area contributed by atoms with Gasteiger partial charge in [-0.25, -0.2) is 35.3 Å². The molecule has 1 atom stereocenters. The first-order valence-corrected chi connectivity index (χ1v) is 13.3. The van der Waals surface area contributed by atoms with E-state index >= 15 is 0 Å². The third-order valence-corrected chi connectivity index (χ3v) is 7.49. The van der Waals surface area contributed by atoms with Crippen molar-refractivity contribution in [3.05, 3.63) is 71.1 Å². The Morgan fingerprint density at radius 2 is 1.85 bits per heavy atom. The zero-order valence-corrected chi connectivity index (χ0v) is 22.6. The Kier molecular flexibility index (Phi) is 7.53. The van der Waals surface area contributed by atoms with Gasteiger partial charge >= 0.3 is 0 Å². The fraction of sp³-hybridized carbons (Fsp3) is 0.414. The largest absolute Gasteiger partial charge is 0.326 e. The smallest absolute Gasteiger partial charge is 0.253 e. The Bertz CT molecular complexity index is 1520. The summed E-state index contributed by atoms with van der Waals surface area (Å²) in [6, 6.07) is 6.45. The Morgan fingerprint density at radius 3 is 2.49 bits per heavy atom. The first-order valence-electron chi connectivity index (χ1n) is 13.3. The highest BCUT2D eigenvalue weighted by Crippen LogP contribution is 2.34. The lowest BCUT2D eigenvalue weighted by molar-refractivity contribution is 0.183. The second-order valence-corrected chi connectivity index (χ2v) is 10.3. The van der Waals surface area contributed by atoms with Gasteiger partial charge in [0.15, 0.2) is 11.6 Å². The molecule has 0 radical (unpaired) electrons. The zero-order valence-electron chi connectivity index (χ0n) is 22.6. The van der Waals surface area contributed by atoms with Gasteiger partial charge in [-0.3, -0.25) is 0 Å². The number of nitrogens with one attached hydrogen (secondary N) is 1. The van der Waals surface area contributed by atoms with Crippen LogP contribution in [0.3, 0.4) is 0 Å². The van der Waals surface area contributed by atoms with Crippen molar-refractivity contribution >= 4 is 22.8 Å².